The first-order valence-electron chi connectivity index (χ1n) is 15.3. The monoisotopic (exact) mass is 677 g/mol. The SMILES string of the molecule is Cc1ccc(S(=O)(=O)N(CC(=O)N(Cc2ccccc2Cl)[C@H](Cc2ccccc2)C(=O)NC2CCCC2)c2ccc(Cl)cc2)cc1. The van der Waals surface area contributed by atoms with E-state index >= 15 is 0 Å². The van der Waals surface area contributed by atoms with E-state index in [0.717, 1.165) is 41.1 Å². The predicted molar refractivity (Wildman–Crippen MR) is 183 cm³/mol. The van der Waals surface area contributed by atoms with Gasteiger partial charge in [-0.05, 0) is 73.4 Å². The third-order valence-electron chi connectivity index (χ3n) is 8.27. The van der Waals surface area contributed by atoms with E-state index in [1.54, 1.807) is 54.6 Å². The number of carbonyl (C=O) groups is 2. The number of nitrogens with one attached hydrogen (secondary N) is 1. The summed E-state index contributed by atoms with van der Waals surface area (Å²) in [6.07, 6.45) is 4.05. The number of aryl methyl sites for hydroxylation is 1. The average Bonchev–Trinajstić information content (AvgIpc) is 3.56. The molecule has 2 amide bonds. The van der Waals surface area contributed by atoms with Gasteiger partial charge >= 0.3 is 0 Å². The van der Waals surface area contributed by atoms with Gasteiger partial charge in [0.2, 0.25) is 11.8 Å². The van der Waals surface area contributed by atoms with Crippen molar-refractivity contribution in [2.75, 3.05) is 10.8 Å². The summed E-state index contributed by atoms with van der Waals surface area (Å²) >= 11 is 12.7. The number of amides is 2. The lowest BCUT2D eigenvalue weighted by Crippen LogP contribution is -2.54. The molecule has 5 rings (SSSR count). The number of rotatable bonds is 12. The first kappa shape index (κ1) is 33.5. The van der Waals surface area contributed by atoms with Crippen molar-refractivity contribution in [1.29, 1.82) is 0 Å². The summed E-state index contributed by atoms with van der Waals surface area (Å²) in [6.45, 7) is 1.32. The number of nitrogens with zero attached hydrogens (tertiary/aromatic N) is 2. The number of hydrogen-bond acceptors (Lipinski definition) is 4. The van der Waals surface area contributed by atoms with Crippen LogP contribution in [0.1, 0.15) is 42.4 Å². The van der Waals surface area contributed by atoms with Crippen LogP contribution in [0.3, 0.4) is 0 Å². The zero-order valence-electron chi connectivity index (χ0n) is 25.6. The molecule has 0 unspecified atom stereocenters. The van der Waals surface area contributed by atoms with Crippen LogP contribution in [0.2, 0.25) is 10.0 Å². The molecule has 7 nitrogen and oxygen atoms in total. The maximum Gasteiger partial charge on any atom is 0.264 e. The fourth-order valence-corrected chi connectivity index (χ4v) is 7.44. The molecule has 4 aromatic rings. The van der Waals surface area contributed by atoms with E-state index in [2.05, 4.69) is 5.32 Å². The highest BCUT2D eigenvalue weighted by Crippen LogP contribution is 2.28. The van der Waals surface area contributed by atoms with E-state index in [4.69, 9.17) is 23.2 Å². The van der Waals surface area contributed by atoms with Gasteiger partial charge in [0.15, 0.2) is 0 Å². The smallest absolute Gasteiger partial charge is 0.264 e. The minimum atomic E-state index is -4.20. The zero-order valence-corrected chi connectivity index (χ0v) is 27.9. The Bertz CT molecular complexity index is 1740. The first-order valence-corrected chi connectivity index (χ1v) is 17.5. The van der Waals surface area contributed by atoms with Gasteiger partial charge in [0.1, 0.15) is 12.6 Å². The molecule has 0 aromatic heterocycles. The Morgan fingerprint density at radius 1 is 0.848 bits per heavy atom. The molecule has 1 atom stereocenters. The molecule has 0 saturated heterocycles. The van der Waals surface area contributed by atoms with Gasteiger partial charge in [0, 0.05) is 29.1 Å². The summed E-state index contributed by atoms with van der Waals surface area (Å²) < 4.78 is 29.4. The Morgan fingerprint density at radius 3 is 2.13 bits per heavy atom. The van der Waals surface area contributed by atoms with E-state index in [0.29, 0.717) is 15.6 Å². The van der Waals surface area contributed by atoms with E-state index in [1.807, 2.05) is 43.3 Å². The van der Waals surface area contributed by atoms with Crippen molar-refractivity contribution in [3.8, 4) is 0 Å². The highest BCUT2D eigenvalue weighted by atomic mass is 35.5. The van der Waals surface area contributed by atoms with E-state index in [9.17, 15) is 18.0 Å². The molecule has 0 bridgehead atoms. The third-order valence-corrected chi connectivity index (χ3v) is 10.7. The molecule has 1 aliphatic rings. The predicted octanol–water partition coefficient (Wildman–Crippen LogP) is 7.20. The van der Waals surface area contributed by atoms with Crippen LogP contribution in [0.4, 0.5) is 5.69 Å². The number of benzene rings is 4. The Hall–Kier alpha value is -3.85. The Morgan fingerprint density at radius 2 is 1.48 bits per heavy atom. The van der Waals surface area contributed by atoms with Crippen LogP contribution < -0.4 is 9.62 Å². The van der Waals surface area contributed by atoms with Crippen molar-refractivity contribution in [3.05, 3.63) is 130 Å². The summed E-state index contributed by atoms with van der Waals surface area (Å²) in [7, 11) is -4.20. The van der Waals surface area contributed by atoms with Gasteiger partial charge in [-0.2, -0.15) is 0 Å². The van der Waals surface area contributed by atoms with Gasteiger partial charge in [0.05, 0.1) is 10.6 Å². The molecule has 0 heterocycles. The molecular formula is C36H37Cl2N3O4S. The van der Waals surface area contributed by atoms with E-state index < -0.39 is 28.5 Å². The van der Waals surface area contributed by atoms with E-state index in [1.165, 1.54) is 17.0 Å². The van der Waals surface area contributed by atoms with Gasteiger partial charge in [-0.1, -0.05) is 102 Å². The summed E-state index contributed by atoms with van der Waals surface area (Å²) in [5, 5.41) is 4.04. The van der Waals surface area contributed by atoms with Gasteiger partial charge in [-0.15, -0.1) is 0 Å². The lowest BCUT2D eigenvalue weighted by Gasteiger charge is -2.34. The minimum absolute atomic E-state index is 0.00707. The topological polar surface area (TPSA) is 86.8 Å². The van der Waals surface area contributed by atoms with Crippen molar-refractivity contribution >= 4 is 50.7 Å². The van der Waals surface area contributed by atoms with Crippen LogP contribution in [0.25, 0.3) is 0 Å². The Labute approximate surface area is 281 Å². The highest BCUT2D eigenvalue weighted by molar-refractivity contribution is 7.92. The molecule has 0 spiro atoms. The number of hydrogen-bond donors (Lipinski definition) is 1. The van der Waals surface area contributed by atoms with Crippen molar-refractivity contribution in [2.24, 2.45) is 0 Å². The largest absolute Gasteiger partial charge is 0.352 e. The third kappa shape index (κ3) is 8.29. The van der Waals surface area contributed by atoms with E-state index in [-0.39, 0.29) is 35.5 Å². The highest BCUT2D eigenvalue weighted by Gasteiger charge is 2.35. The maximum absolute atomic E-state index is 14.6. The van der Waals surface area contributed by atoms with Crippen molar-refractivity contribution in [3.63, 3.8) is 0 Å². The minimum Gasteiger partial charge on any atom is -0.352 e. The molecular weight excluding hydrogens is 641 g/mol. The maximum atomic E-state index is 14.6. The Balaban J connectivity index is 1.57. The molecule has 1 N–H and O–H groups in total. The standard InChI is InChI=1S/C36H37Cl2N3O4S/c1-26-15-21-32(22-16-26)46(44,45)41(31-19-17-29(37)18-20-31)25-35(42)40(24-28-11-5-8-14-33(28)38)34(23-27-9-3-2-4-10-27)36(43)39-30-12-6-7-13-30/h2-5,8-11,14-22,30,34H,6-7,12-13,23-25H2,1H3,(H,39,43)/t34-/m1/s1. The summed E-state index contributed by atoms with van der Waals surface area (Å²) in [5.74, 6) is -0.830. The molecule has 0 aliphatic heterocycles. The lowest BCUT2D eigenvalue weighted by atomic mass is 10.0. The van der Waals surface area contributed by atoms with Gasteiger partial charge in [0.25, 0.3) is 10.0 Å². The molecule has 10 heteroatoms. The zero-order chi connectivity index (χ0) is 32.7. The second kappa shape index (κ2) is 15.2. The van der Waals surface area contributed by atoms with Crippen molar-refractivity contribution in [2.45, 2.75) is 62.6 Å². The molecule has 0 radical (unpaired) electrons. The summed E-state index contributed by atoms with van der Waals surface area (Å²) in [6, 6.07) is 28.5. The van der Waals surface area contributed by atoms with Crippen LogP contribution in [-0.2, 0) is 32.6 Å². The quantitative estimate of drug-likeness (QED) is 0.172. The second-order valence-corrected chi connectivity index (χ2v) is 14.3. The average molecular weight is 679 g/mol. The molecule has 240 valence electrons. The molecule has 4 aromatic carbocycles. The lowest BCUT2D eigenvalue weighted by molar-refractivity contribution is -0.140. The fraction of sp³-hybridized carbons (Fsp3) is 0.278. The number of anilines is 1. The molecule has 46 heavy (non-hydrogen) atoms. The van der Waals surface area contributed by atoms with Crippen LogP contribution in [0, 0.1) is 6.92 Å². The second-order valence-electron chi connectivity index (χ2n) is 11.6. The van der Waals surface area contributed by atoms with Crippen LogP contribution in [0.5, 0.6) is 0 Å². The summed E-state index contributed by atoms with van der Waals surface area (Å²) in [5.41, 5.74) is 2.68. The van der Waals surface area contributed by atoms with Crippen molar-refractivity contribution in [1.82, 2.24) is 10.2 Å². The molecule has 1 saturated carbocycles. The first-order chi connectivity index (χ1) is 22.1. The number of sulfonamides is 1. The summed E-state index contributed by atoms with van der Waals surface area (Å²) in [4.78, 5) is 30.2. The van der Waals surface area contributed by atoms with Crippen LogP contribution in [-0.4, -0.2) is 43.8 Å². The van der Waals surface area contributed by atoms with Crippen molar-refractivity contribution < 1.29 is 18.0 Å². The van der Waals surface area contributed by atoms with Crippen LogP contribution in [0.15, 0.2) is 108 Å². The fourth-order valence-electron chi connectivity index (χ4n) is 5.71. The number of carbonyl (C=O) groups excluding carboxylic acids is 2. The van der Waals surface area contributed by atoms with Gasteiger partial charge in [-0.25, -0.2) is 8.42 Å². The van der Waals surface area contributed by atoms with Crippen LogP contribution >= 0.6 is 23.2 Å². The number of halogens is 2. The molecule has 1 fully saturated rings. The molecule has 1 aliphatic carbocycles. The van der Waals surface area contributed by atoms with Gasteiger partial charge < -0.3 is 10.2 Å². The normalized spacial score (nSPS) is 14.1. The Kier molecular flexibility index (Phi) is 11.0. The van der Waals surface area contributed by atoms with Gasteiger partial charge in [-0.3, -0.25) is 13.9 Å².